The second kappa shape index (κ2) is 6.98. The Bertz CT molecular complexity index is 1050. The lowest BCUT2D eigenvalue weighted by Crippen LogP contribution is -2.70. The van der Waals surface area contributed by atoms with Crippen LogP contribution >= 0.6 is 11.6 Å². The van der Waals surface area contributed by atoms with E-state index >= 15 is 0 Å². The number of hydrogen-bond acceptors (Lipinski definition) is 5. The van der Waals surface area contributed by atoms with E-state index in [2.05, 4.69) is 28.5 Å². The van der Waals surface area contributed by atoms with E-state index < -0.39 is 5.54 Å². The molecule has 1 aromatic carbocycles. The predicted octanol–water partition coefficient (Wildman–Crippen LogP) is 4.98. The molecule has 1 saturated heterocycles. The molecular formula is C22H24ClN5O2. The number of nitrogens with zero attached hydrogens (tertiary/aromatic N) is 4. The summed E-state index contributed by atoms with van der Waals surface area (Å²) in [6.45, 7) is 3.97. The van der Waals surface area contributed by atoms with E-state index in [1.165, 1.54) is 0 Å². The van der Waals surface area contributed by atoms with Crippen LogP contribution in [0.4, 0.5) is 10.5 Å². The van der Waals surface area contributed by atoms with Crippen molar-refractivity contribution >= 4 is 23.3 Å². The molecule has 30 heavy (non-hydrogen) atoms. The van der Waals surface area contributed by atoms with E-state index in [4.69, 9.17) is 16.0 Å². The van der Waals surface area contributed by atoms with Gasteiger partial charge in [-0.05, 0) is 55.4 Å². The van der Waals surface area contributed by atoms with Crippen molar-refractivity contribution in [1.29, 1.82) is 5.26 Å². The van der Waals surface area contributed by atoms with Crippen molar-refractivity contribution in [3.63, 3.8) is 0 Å². The summed E-state index contributed by atoms with van der Waals surface area (Å²) in [6.07, 6.45) is 4.48. The second-order valence-electron chi connectivity index (χ2n) is 9.02. The van der Waals surface area contributed by atoms with Gasteiger partial charge in [-0.3, -0.25) is 0 Å². The molecule has 2 saturated carbocycles. The van der Waals surface area contributed by atoms with Crippen LogP contribution in [0.1, 0.15) is 62.3 Å². The zero-order chi connectivity index (χ0) is 21.0. The fraction of sp³-hybridized carbons (Fsp3) is 0.545. The highest BCUT2D eigenvalue weighted by molar-refractivity contribution is 6.31. The molecule has 2 heterocycles. The van der Waals surface area contributed by atoms with E-state index in [1.807, 2.05) is 17.0 Å². The molecule has 1 N–H and O–H groups in total. The average molecular weight is 426 g/mol. The van der Waals surface area contributed by atoms with Crippen molar-refractivity contribution < 1.29 is 9.21 Å². The topological polar surface area (TPSA) is 95.0 Å². The average Bonchev–Trinajstić information content (AvgIpc) is 3.10. The molecule has 3 fully saturated rings. The number of urea groups is 1. The molecule has 1 aromatic heterocycles. The summed E-state index contributed by atoms with van der Waals surface area (Å²) in [7, 11) is 0. The Labute approximate surface area is 180 Å². The molecule has 8 heteroatoms. The predicted molar refractivity (Wildman–Crippen MR) is 111 cm³/mol. The van der Waals surface area contributed by atoms with Gasteiger partial charge in [0.1, 0.15) is 5.54 Å². The maximum atomic E-state index is 13.3. The standard InChI is InChI=1S/C22H24ClN5O2/c1-12-7-16-10-22(9-12,20-27-26-13(2)30-20)28(16)21(29)25-15-4-6-19(23)18(8-15)17-5-3-14(17)11-24/h4,6,8,12,14,16-17H,3,5,7,9-10H2,1-2H3,(H,25,29)/t12?,14-,16?,17-,22?/m1/s1. The Morgan fingerprint density at radius 2 is 2.20 bits per heavy atom. The smallest absolute Gasteiger partial charge is 0.322 e. The van der Waals surface area contributed by atoms with E-state index in [-0.39, 0.29) is 23.9 Å². The van der Waals surface area contributed by atoms with Crippen LogP contribution in [0.15, 0.2) is 22.6 Å². The Balaban J connectivity index is 1.40. The van der Waals surface area contributed by atoms with Crippen LogP contribution in [0.25, 0.3) is 0 Å². The number of aryl methyl sites for hydroxylation is 1. The van der Waals surface area contributed by atoms with E-state index in [0.717, 1.165) is 37.7 Å². The SMILES string of the molecule is Cc1nnc(C23CC(C)CC(C2)N3C(=O)Nc2ccc(Cl)c([C@@H]3CC[C@@H]3C#N)c2)o1. The number of piperidine rings is 1. The lowest BCUT2D eigenvalue weighted by molar-refractivity contribution is -0.110. The van der Waals surface area contributed by atoms with Crippen LogP contribution < -0.4 is 5.32 Å². The number of rotatable bonds is 3. The molecule has 1 aliphatic heterocycles. The molecule has 0 radical (unpaired) electrons. The van der Waals surface area contributed by atoms with E-state index in [9.17, 15) is 10.1 Å². The highest BCUT2D eigenvalue weighted by Gasteiger charge is 2.62. The molecule has 156 valence electrons. The third-order valence-corrected chi connectivity index (χ3v) is 7.33. The number of anilines is 1. The van der Waals surface area contributed by atoms with Gasteiger partial charge in [0.2, 0.25) is 11.8 Å². The summed E-state index contributed by atoms with van der Waals surface area (Å²) >= 11 is 6.40. The molecular weight excluding hydrogens is 402 g/mol. The van der Waals surface area contributed by atoms with Gasteiger partial charge >= 0.3 is 6.03 Å². The Morgan fingerprint density at radius 1 is 1.37 bits per heavy atom. The molecule has 2 aromatic rings. The number of fused-ring (bicyclic) bond motifs is 2. The maximum absolute atomic E-state index is 13.3. The normalized spacial score (nSPS) is 32.0. The second-order valence-corrected chi connectivity index (χ2v) is 9.42. The molecule has 3 aliphatic rings. The Hall–Kier alpha value is -2.59. The summed E-state index contributed by atoms with van der Waals surface area (Å²) in [4.78, 5) is 15.2. The van der Waals surface area contributed by atoms with Crippen LogP contribution in [0.2, 0.25) is 5.02 Å². The van der Waals surface area contributed by atoms with Crippen LogP contribution in [0.5, 0.6) is 0 Å². The molecule has 5 atom stereocenters. The number of nitriles is 1. The van der Waals surface area contributed by atoms with Crippen LogP contribution in [0.3, 0.4) is 0 Å². The number of aromatic nitrogens is 2. The summed E-state index contributed by atoms with van der Waals surface area (Å²) < 4.78 is 5.76. The maximum Gasteiger partial charge on any atom is 0.322 e. The summed E-state index contributed by atoms with van der Waals surface area (Å²) in [6, 6.07) is 7.89. The van der Waals surface area contributed by atoms with E-state index in [0.29, 0.717) is 28.4 Å². The van der Waals surface area contributed by atoms with Crippen molar-refractivity contribution in [2.75, 3.05) is 5.32 Å². The minimum atomic E-state index is -0.525. The minimum absolute atomic E-state index is 0.00582. The zero-order valence-corrected chi connectivity index (χ0v) is 17.8. The number of nitrogens with one attached hydrogen (secondary N) is 1. The van der Waals surface area contributed by atoms with Crippen molar-refractivity contribution in [1.82, 2.24) is 15.1 Å². The minimum Gasteiger partial charge on any atom is -0.423 e. The van der Waals surface area contributed by atoms with Gasteiger partial charge in [0.25, 0.3) is 0 Å². The number of benzene rings is 1. The fourth-order valence-corrected chi connectivity index (χ4v) is 5.81. The molecule has 7 nitrogen and oxygen atoms in total. The quantitative estimate of drug-likeness (QED) is 0.748. The zero-order valence-electron chi connectivity index (χ0n) is 17.1. The van der Waals surface area contributed by atoms with Gasteiger partial charge in [0.05, 0.1) is 12.0 Å². The van der Waals surface area contributed by atoms with Crippen LogP contribution in [0, 0.1) is 30.1 Å². The summed E-state index contributed by atoms with van der Waals surface area (Å²) in [5.41, 5.74) is 1.10. The van der Waals surface area contributed by atoms with Crippen LogP contribution in [-0.4, -0.2) is 27.2 Å². The molecule has 2 bridgehead atoms. The van der Waals surface area contributed by atoms with Crippen LogP contribution in [-0.2, 0) is 5.54 Å². The number of halogens is 1. The third-order valence-electron chi connectivity index (χ3n) is 6.99. The lowest BCUT2D eigenvalue weighted by atomic mass is 9.64. The highest BCUT2D eigenvalue weighted by atomic mass is 35.5. The highest BCUT2D eigenvalue weighted by Crippen LogP contribution is 2.55. The first kappa shape index (κ1) is 19.4. The van der Waals surface area contributed by atoms with Gasteiger partial charge in [-0.25, -0.2) is 4.79 Å². The number of amides is 2. The first-order chi connectivity index (χ1) is 14.4. The van der Waals surface area contributed by atoms with Crippen molar-refractivity contribution in [2.24, 2.45) is 11.8 Å². The van der Waals surface area contributed by atoms with Gasteiger partial charge in [0.15, 0.2) is 0 Å². The van der Waals surface area contributed by atoms with Gasteiger partial charge in [-0.2, -0.15) is 5.26 Å². The summed E-state index contributed by atoms with van der Waals surface area (Å²) in [5, 5.41) is 21.2. The molecule has 5 rings (SSSR count). The van der Waals surface area contributed by atoms with Gasteiger partial charge in [-0.1, -0.05) is 18.5 Å². The van der Waals surface area contributed by atoms with Crippen molar-refractivity contribution in [2.45, 2.75) is 63.5 Å². The first-order valence-electron chi connectivity index (χ1n) is 10.5. The monoisotopic (exact) mass is 425 g/mol. The van der Waals surface area contributed by atoms with Gasteiger partial charge in [-0.15, -0.1) is 10.2 Å². The molecule has 0 spiro atoms. The molecule has 2 amide bonds. The number of carbonyl (C=O) groups is 1. The lowest BCUT2D eigenvalue weighted by Gasteiger charge is -2.61. The fourth-order valence-electron chi connectivity index (χ4n) is 5.55. The Morgan fingerprint density at radius 3 is 2.87 bits per heavy atom. The van der Waals surface area contributed by atoms with Crippen molar-refractivity contribution in [3.8, 4) is 6.07 Å². The molecule has 2 aliphatic carbocycles. The number of hydrogen-bond donors (Lipinski definition) is 1. The van der Waals surface area contributed by atoms with E-state index in [1.54, 1.807) is 13.0 Å². The largest absolute Gasteiger partial charge is 0.423 e. The number of carbonyl (C=O) groups excluding carboxylic acids is 1. The van der Waals surface area contributed by atoms with Gasteiger partial charge < -0.3 is 14.6 Å². The Kier molecular flexibility index (Phi) is 4.51. The molecule has 3 unspecified atom stereocenters. The first-order valence-corrected chi connectivity index (χ1v) is 10.9. The van der Waals surface area contributed by atoms with Crippen molar-refractivity contribution in [3.05, 3.63) is 40.6 Å². The third kappa shape index (κ3) is 2.89. The summed E-state index contributed by atoms with van der Waals surface area (Å²) in [5.74, 6) is 1.66. The van der Waals surface area contributed by atoms with Gasteiger partial charge in [0, 0.05) is 36.0 Å². The number of likely N-dealkylation sites (tertiary alicyclic amines) is 1.